The highest BCUT2D eigenvalue weighted by Gasteiger charge is 2.36. The van der Waals surface area contributed by atoms with Crippen LogP contribution in [0.15, 0.2) is 60.9 Å². The van der Waals surface area contributed by atoms with Crippen LogP contribution in [-0.2, 0) is 6.54 Å². The number of carbonyl (C=O) groups excluding carboxylic acids is 1. The van der Waals surface area contributed by atoms with Gasteiger partial charge in [0.25, 0.3) is 0 Å². The van der Waals surface area contributed by atoms with E-state index in [0.29, 0.717) is 46.5 Å². The Morgan fingerprint density at radius 1 is 1.00 bits per heavy atom. The maximum atomic E-state index is 14.2. The van der Waals surface area contributed by atoms with Gasteiger partial charge in [-0.1, -0.05) is 35.9 Å². The fourth-order valence-electron chi connectivity index (χ4n) is 5.80. The van der Waals surface area contributed by atoms with Crippen molar-refractivity contribution in [2.24, 2.45) is 0 Å². The van der Waals surface area contributed by atoms with Crippen molar-refractivity contribution in [3.8, 4) is 5.75 Å². The minimum atomic E-state index is -0.247. The predicted molar refractivity (Wildman–Crippen MR) is 167 cm³/mol. The van der Waals surface area contributed by atoms with Gasteiger partial charge < -0.3 is 15.0 Å². The van der Waals surface area contributed by atoms with E-state index in [0.717, 1.165) is 48.3 Å². The summed E-state index contributed by atoms with van der Waals surface area (Å²) in [6.07, 6.45) is 5.59. The smallest absolute Gasteiger partial charge is 0.336 e. The van der Waals surface area contributed by atoms with Crippen LogP contribution >= 0.6 is 11.6 Å². The highest BCUT2D eigenvalue weighted by atomic mass is 35.5. The molecule has 9 nitrogen and oxygen atoms in total. The molecule has 1 N–H and O–H groups in total. The van der Waals surface area contributed by atoms with Crippen LogP contribution in [-0.4, -0.2) is 53.1 Å². The zero-order chi connectivity index (χ0) is 29.4. The van der Waals surface area contributed by atoms with Crippen molar-refractivity contribution in [3.63, 3.8) is 0 Å². The third kappa shape index (κ3) is 5.37. The third-order valence-electron chi connectivity index (χ3n) is 8.13. The Balaban J connectivity index is 1.34. The first-order chi connectivity index (χ1) is 20.3. The number of rotatable bonds is 6. The molecule has 216 valence electrons. The van der Waals surface area contributed by atoms with Gasteiger partial charge in [-0.2, -0.15) is 4.98 Å². The molecule has 1 saturated heterocycles. The summed E-state index contributed by atoms with van der Waals surface area (Å²) in [4.78, 5) is 33.8. The van der Waals surface area contributed by atoms with Crippen molar-refractivity contribution in [2.45, 2.75) is 39.2 Å². The zero-order valence-electron chi connectivity index (χ0n) is 24.3. The molecule has 1 fully saturated rings. The Morgan fingerprint density at radius 3 is 2.43 bits per heavy atom. The van der Waals surface area contributed by atoms with Crippen molar-refractivity contribution in [3.05, 3.63) is 88.2 Å². The number of aryl methyl sites for hydroxylation is 2. The van der Waals surface area contributed by atoms with Crippen LogP contribution in [0.25, 0.3) is 0 Å². The average Bonchev–Trinajstić information content (AvgIpc) is 2.99. The van der Waals surface area contributed by atoms with Gasteiger partial charge in [0, 0.05) is 11.8 Å². The number of hydrogen-bond donors (Lipinski definition) is 1. The summed E-state index contributed by atoms with van der Waals surface area (Å²) in [6, 6.07) is 15.4. The summed E-state index contributed by atoms with van der Waals surface area (Å²) in [7, 11) is 3.74. The molecule has 2 aliphatic rings. The molecule has 0 saturated carbocycles. The van der Waals surface area contributed by atoms with Gasteiger partial charge in [-0.15, -0.1) is 0 Å². The van der Waals surface area contributed by atoms with Crippen LogP contribution in [0.2, 0.25) is 5.02 Å². The quantitative estimate of drug-likeness (QED) is 0.262. The number of carbonyl (C=O) groups is 1. The second kappa shape index (κ2) is 11.6. The normalized spacial score (nSPS) is 16.0. The molecule has 42 heavy (non-hydrogen) atoms. The van der Waals surface area contributed by atoms with Crippen molar-refractivity contribution >= 4 is 46.6 Å². The summed E-state index contributed by atoms with van der Waals surface area (Å²) in [6.45, 7) is 6.52. The summed E-state index contributed by atoms with van der Waals surface area (Å²) in [5.41, 5.74) is 5.63. The number of methoxy groups -OCH3 is 1. The van der Waals surface area contributed by atoms with Gasteiger partial charge in [-0.3, -0.25) is 4.90 Å². The van der Waals surface area contributed by atoms with Crippen molar-refractivity contribution in [2.75, 3.05) is 42.4 Å². The van der Waals surface area contributed by atoms with Crippen molar-refractivity contribution < 1.29 is 9.53 Å². The van der Waals surface area contributed by atoms with E-state index in [9.17, 15) is 4.79 Å². The average molecular weight is 584 g/mol. The number of fused-ring (bicyclic) bond motifs is 1. The molecule has 2 amide bonds. The third-order valence-corrected chi connectivity index (χ3v) is 8.44. The van der Waals surface area contributed by atoms with E-state index in [1.54, 1.807) is 36.5 Å². The van der Waals surface area contributed by atoms with Crippen molar-refractivity contribution in [1.82, 2.24) is 19.9 Å². The van der Waals surface area contributed by atoms with Crippen LogP contribution in [0.1, 0.15) is 41.0 Å². The van der Waals surface area contributed by atoms with Crippen LogP contribution in [0.5, 0.6) is 5.75 Å². The maximum Gasteiger partial charge on any atom is 0.336 e. The fourth-order valence-corrected chi connectivity index (χ4v) is 6.04. The Morgan fingerprint density at radius 2 is 1.76 bits per heavy atom. The molecule has 0 atom stereocenters. The van der Waals surface area contributed by atoms with E-state index in [4.69, 9.17) is 21.3 Å². The van der Waals surface area contributed by atoms with Gasteiger partial charge in [0.1, 0.15) is 11.6 Å². The van der Waals surface area contributed by atoms with Gasteiger partial charge in [-0.05, 0) is 93.7 Å². The summed E-state index contributed by atoms with van der Waals surface area (Å²) in [5.74, 6) is 2.34. The lowest BCUT2D eigenvalue weighted by molar-refractivity contribution is 0.252. The molecule has 0 radical (unpaired) electrons. The lowest BCUT2D eigenvalue weighted by atomic mass is 9.89. The van der Waals surface area contributed by atoms with E-state index < -0.39 is 0 Å². The first-order valence-electron chi connectivity index (χ1n) is 14.1. The first-order valence-corrected chi connectivity index (χ1v) is 14.5. The molecule has 6 rings (SSSR count). The van der Waals surface area contributed by atoms with Gasteiger partial charge in [0.05, 0.1) is 36.2 Å². The molecule has 4 heterocycles. The standard InChI is InChI=1S/C32H34ClN7O2/c1-20-6-5-7-21(2)29(20)39-19-24-17-35-31(37-30(24)40(32(39)41)28-11-9-25(42-4)18-34-28)36-27-10-8-23(16-26(27)33)22-12-14-38(3)15-13-22/h5-11,16-18,22H,12-15,19H2,1-4H3,(H,35,36,37). The number of anilines is 5. The first kappa shape index (κ1) is 27.9. The Bertz CT molecular complexity index is 1600. The predicted octanol–water partition coefficient (Wildman–Crippen LogP) is 6.98. The Hall–Kier alpha value is -4.21. The largest absolute Gasteiger partial charge is 0.495 e. The van der Waals surface area contributed by atoms with Crippen LogP contribution in [0, 0.1) is 13.8 Å². The summed E-state index contributed by atoms with van der Waals surface area (Å²) in [5, 5.41) is 3.88. The number of para-hydroxylation sites is 1. The lowest BCUT2D eigenvalue weighted by Gasteiger charge is -2.36. The number of likely N-dealkylation sites (tertiary alicyclic amines) is 1. The number of nitrogens with zero attached hydrogens (tertiary/aromatic N) is 6. The molecule has 4 aromatic rings. The number of nitrogens with one attached hydrogen (secondary N) is 1. The molecule has 0 aliphatic carbocycles. The van der Waals surface area contributed by atoms with E-state index >= 15 is 0 Å². The van der Waals surface area contributed by atoms with Gasteiger partial charge in [0.2, 0.25) is 5.95 Å². The molecule has 2 aromatic heterocycles. The van der Waals surface area contributed by atoms with Gasteiger partial charge in [0.15, 0.2) is 5.82 Å². The van der Waals surface area contributed by atoms with Gasteiger partial charge in [-0.25, -0.2) is 19.7 Å². The SMILES string of the molecule is COc1ccc(N2C(=O)N(c3c(C)cccc3C)Cc3cnc(Nc4ccc(C5CCN(C)CC5)cc4Cl)nc32)nc1. The molecular formula is C32H34ClN7O2. The zero-order valence-corrected chi connectivity index (χ0v) is 25.0. The van der Waals surface area contributed by atoms with Crippen LogP contribution in [0.3, 0.4) is 0 Å². The minimum Gasteiger partial charge on any atom is -0.495 e. The maximum absolute atomic E-state index is 14.2. The monoisotopic (exact) mass is 583 g/mol. The molecule has 0 unspecified atom stereocenters. The number of hydrogen-bond acceptors (Lipinski definition) is 7. The molecule has 2 aromatic carbocycles. The molecular weight excluding hydrogens is 550 g/mol. The molecule has 10 heteroatoms. The van der Waals surface area contributed by atoms with E-state index in [-0.39, 0.29) is 6.03 Å². The Labute approximate surface area is 251 Å². The Kier molecular flexibility index (Phi) is 7.70. The number of aromatic nitrogens is 3. The second-order valence-corrected chi connectivity index (χ2v) is 11.4. The molecule has 0 bridgehead atoms. The second-order valence-electron chi connectivity index (χ2n) is 11.0. The number of benzene rings is 2. The topological polar surface area (TPSA) is 86.7 Å². The van der Waals surface area contributed by atoms with Gasteiger partial charge >= 0.3 is 6.03 Å². The van der Waals surface area contributed by atoms with E-state index in [1.165, 1.54) is 10.5 Å². The minimum absolute atomic E-state index is 0.247. The number of piperidine rings is 1. The number of ether oxygens (including phenoxy) is 1. The highest BCUT2D eigenvalue weighted by molar-refractivity contribution is 6.33. The number of pyridine rings is 1. The van der Waals surface area contributed by atoms with Crippen LogP contribution in [0.4, 0.5) is 33.8 Å². The highest BCUT2D eigenvalue weighted by Crippen LogP contribution is 2.39. The van der Waals surface area contributed by atoms with Crippen molar-refractivity contribution in [1.29, 1.82) is 0 Å². The number of urea groups is 1. The van der Waals surface area contributed by atoms with E-state index in [2.05, 4.69) is 33.3 Å². The summed E-state index contributed by atoms with van der Waals surface area (Å²) < 4.78 is 5.30. The number of halogens is 1. The molecule has 2 aliphatic heterocycles. The molecule has 0 spiro atoms. The summed E-state index contributed by atoms with van der Waals surface area (Å²) >= 11 is 6.74. The fraction of sp³-hybridized carbons (Fsp3) is 0.312. The van der Waals surface area contributed by atoms with Crippen LogP contribution < -0.4 is 19.9 Å². The van der Waals surface area contributed by atoms with E-state index in [1.807, 2.05) is 44.2 Å². The lowest BCUT2D eigenvalue weighted by Crippen LogP contribution is -2.46. The number of amides is 2.